The Morgan fingerprint density at radius 1 is 1.00 bits per heavy atom. The molecule has 0 aliphatic carbocycles. The predicted molar refractivity (Wildman–Crippen MR) is 104 cm³/mol. The average Bonchev–Trinajstić information content (AvgIpc) is 2.74. The van der Waals surface area contributed by atoms with Gasteiger partial charge in [-0.2, -0.15) is 17.5 Å². The molecule has 0 amide bonds. The van der Waals surface area contributed by atoms with Gasteiger partial charge in [0.2, 0.25) is 15.8 Å². The zero-order valence-corrected chi connectivity index (χ0v) is 16.4. The quantitative estimate of drug-likeness (QED) is 0.672. The number of ether oxygens (including phenoxy) is 1. The lowest BCUT2D eigenvalue weighted by Crippen LogP contribution is -2.40. The Morgan fingerprint density at radius 3 is 2.47 bits per heavy atom. The molecule has 0 saturated carbocycles. The van der Waals surface area contributed by atoms with Gasteiger partial charge in [0.05, 0.1) is 23.6 Å². The van der Waals surface area contributed by atoms with Gasteiger partial charge in [0, 0.05) is 24.2 Å². The molecular weight excluding hydrogens is 421 g/mol. The Bertz CT molecular complexity index is 1180. The number of alkyl halides is 3. The summed E-state index contributed by atoms with van der Waals surface area (Å²) in [7, 11) is -3.75. The van der Waals surface area contributed by atoms with E-state index in [4.69, 9.17) is 4.74 Å². The molecule has 4 rings (SSSR count). The third-order valence-electron chi connectivity index (χ3n) is 4.56. The molecule has 3 aromatic rings. The van der Waals surface area contributed by atoms with E-state index in [0.29, 0.717) is 24.3 Å². The molecule has 2 heterocycles. The maximum Gasteiger partial charge on any atom is 0.451 e. The van der Waals surface area contributed by atoms with E-state index in [-0.39, 0.29) is 29.3 Å². The van der Waals surface area contributed by atoms with E-state index in [1.54, 1.807) is 24.3 Å². The molecule has 30 heavy (non-hydrogen) atoms. The Balaban J connectivity index is 1.72. The molecule has 1 aliphatic heterocycles. The Hall–Kier alpha value is -2.76. The fourth-order valence-corrected chi connectivity index (χ4v) is 4.56. The molecule has 1 aromatic heterocycles. The number of halogens is 3. The van der Waals surface area contributed by atoms with E-state index >= 15 is 0 Å². The first kappa shape index (κ1) is 20.5. The van der Waals surface area contributed by atoms with Crippen LogP contribution in [0.5, 0.6) is 0 Å². The van der Waals surface area contributed by atoms with Crippen LogP contribution in [0.25, 0.3) is 10.9 Å². The van der Waals surface area contributed by atoms with Gasteiger partial charge in [-0.05, 0) is 30.3 Å². The van der Waals surface area contributed by atoms with Crippen molar-refractivity contribution in [1.82, 2.24) is 14.3 Å². The third kappa shape index (κ3) is 4.09. The van der Waals surface area contributed by atoms with Gasteiger partial charge in [-0.1, -0.05) is 18.2 Å². The third-order valence-corrected chi connectivity index (χ3v) is 6.46. The van der Waals surface area contributed by atoms with Crippen LogP contribution >= 0.6 is 0 Å². The van der Waals surface area contributed by atoms with Gasteiger partial charge in [-0.25, -0.2) is 18.4 Å². The molecule has 0 bridgehead atoms. The average molecular weight is 438 g/mol. The van der Waals surface area contributed by atoms with E-state index in [2.05, 4.69) is 15.3 Å². The van der Waals surface area contributed by atoms with Crippen LogP contribution in [-0.2, 0) is 20.9 Å². The highest BCUT2D eigenvalue weighted by Gasteiger charge is 2.35. The van der Waals surface area contributed by atoms with Crippen LogP contribution in [0, 0.1) is 0 Å². The molecule has 2 aromatic carbocycles. The Morgan fingerprint density at radius 2 is 1.73 bits per heavy atom. The summed E-state index contributed by atoms with van der Waals surface area (Å²) in [5.41, 5.74) is 0.417. The number of aromatic nitrogens is 2. The fraction of sp³-hybridized carbons (Fsp3) is 0.263. The molecule has 1 N–H and O–H groups in total. The minimum Gasteiger partial charge on any atom is -0.379 e. The smallest absolute Gasteiger partial charge is 0.379 e. The van der Waals surface area contributed by atoms with Crippen LogP contribution in [0.3, 0.4) is 0 Å². The number of fused-ring (bicyclic) bond motifs is 1. The number of nitrogens with one attached hydrogen (secondary N) is 1. The molecule has 0 radical (unpaired) electrons. The van der Waals surface area contributed by atoms with Gasteiger partial charge in [-0.3, -0.25) is 0 Å². The lowest BCUT2D eigenvalue weighted by Gasteiger charge is -2.26. The van der Waals surface area contributed by atoms with Crippen LogP contribution in [0.1, 0.15) is 5.82 Å². The molecule has 11 heteroatoms. The van der Waals surface area contributed by atoms with E-state index < -0.39 is 22.0 Å². The summed E-state index contributed by atoms with van der Waals surface area (Å²) in [6.07, 6.45) is -4.72. The van der Waals surface area contributed by atoms with Crippen molar-refractivity contribution >= 4 is 32.4 Å². The Kier molecular flexibility index (Phi) is 5.35. The lowest BCUT2D eigenvalue weighted by atomic mass is 10.2. The number of morpholine rings is 1. The number of rotatable bonds is 4. The molecule has 0 spiro atoms. The predicted octanol–water partition coefficient (Wildman–Crippen LogP) is 3.41. The number of benzene rings is 2. The summed E-state index contributed by atoms with van der Waals surface area (Å²) in [6.45, 7) is 1.10. The summed E-state index contributed by atoms with van der Waals surface area (Å²) in [5.74, 6) is -1.34. The first-order chi connectivity index (χ1) is 14.2. The second kappa shape index (κ2) is 7.82. The maximum atomic E-state index is 13.2. The van der Waals surface area contributed by atoms with Gasteiger partial charge < -0.3 is 10.1 Å². The zero-order chi connectivity index (χ0) is 21.4. The zero-order valence-electron chi connectivity index (χ0n) is 15.6. The number of para-hydroxylation sites is 1. The molecule has 7 nitrogen and oxygen atoms in total. The summed E-state index contributed by atoms with van der Waals surface area (Å²) >= 11 is 0. The first-order valence-electron chi connectivity index (χ1n) is 9.04. The number of nitrogens with zero attached hydrogens (tertiary/aromatic N) is 3. The minimum atomic E-state index is -4.72. The van der Waals surface area contributed by atoms with Crippen molar-refractivity contribution in [3.8, 4) is 0 Å². The van der Waals surface area contributed by atoms with Crippen LogP contribution in [-0.4, -0.2) is 49.0 Å². The van der Waals surface area contributed by atoms with Crippen LogP contribution < -0.4 is 5.32 Å². The monoisotopic (exact) mass is 438 g/mol. The number of sulfonamides is 1. The normalized spacial score (nSPS) is 16.0. The van der Waals surface area contributed by atoms with Crippen molar-refractivity contribution in [3.63, 3.8) is 0 Å². The standard InChI is InChI=1S/C19H17F3N4O3S/c20-19(21,22)18-24-16-7-2-1-6-15(16)17(25-18)23-13-4-3-5-14(12-13)30(27,28)26-8-10-29-11-9-26/h1-7,12H,8-11H2,(H,23,24,25). The summed E-state index contributed by atoms with van der Waals surface area (Å²) in [5, 5.41) is 3.20. The Labute approximate surface area is 170 Å². The largest absolute Gasteiger partial charge is 0.451 e. The molecule has 1 aliphatic rings. The topological polar surface area (TPSA) is 84.4 Å². The van der Waals surface area contributed by atoms with Crippen molar-refractivity contribution in [3.05, 3.63) is 54.4 Å². The van der Waals surface area contributed by atoms with Crippen molar-refractivity contribution in [2.24, 2.45) is 0 Å². The second-order valence-corrected chi connectivity index (χ2v) is 8.52. The van der Waals surface area contributed by atoms with Gasteiger partial charge in [-0.15, -0.1) is 0 Å². The molecule has 0 unspecified atom stereocenters. The van der Waals surface area contributed by atoms with Gasteiger partial charge in [0.15, 0.2) is 0 Å². The van der Waals surface area contributed by atoms with E-state index in [1.807, 2.05) is 0 Å². The number of hydrogen-bond donors (Lipinski definition) is 1. The van der Waals surface area contributed by atoms with E-state index in [1.165, 1.54) is 28.6 Å². The van der Waals surface area contributed by atoms with Crippen LogP contribution in [0.2, 0.25) is 0 Å². The van der Waals surface area contributed by atoms with E-state index in [9.17, 15) is 21.6 Å². The van der Waals surface area contributed by atoms with Crippen LogP contribution in [0.15, 0.2) is 53.4 Å². The molecule has 0 atom stereocenters. The SMILES string of the molecule is O=S(=O)(c1cccc(Nc2nc(C(F)(F)F)nc3ccccc23)c1)N1CCOCC1. The van der Waals surface area contributed by atoms with E-state index in [0.717, 1.165) is 0 Å². The number of hydrogen-bond acceptors (Lipinski definition) is 6. The first-order valence-corrected chi connectivity index (χ1v) is 10.5. The highest BCUT2D eigenvalue weighted by molar-refractivity contribution is 7.89. The van der Waals surface area contributed by atoms with Crippen LogP contribution in [0.4, 0.5) is 24.7 Å². The number of anilines is 2. The molecule has 1 saturated heterocycles. The van der Waals surface area contributed by atoms with Crippen molar-refractivity contribution in [2.45, 2.75) is 11.1 Å². The summed E-state index contributed by atoms with van der Waals surface area (Å²) < 4.78 is 71.9. The highest BCUT2D eigenvalue weighted by atomic mass is 32.2. The molecular formula is C19H17F3N4O3S. The van der Waals surface area contributed by atoms with Gasteiger partial charge in [0.25, 0.3) is 0 Å². The van der Waals surface area contributed by atoms with Gasteiger partial charge >= 0.3 is 6.18 Å². The van der Waals surface area contributed by atoms with Crippen molar-refractivity contribution < 1.29 is 26.3 Å². The summed E-state index contributed by atoms with van der Waals surface area (Å²) in [4.78, 5) is 7.23. The maximum absolute atomic E-state index is 13.2. The second-order valence-electron chi connectivity index (χ2n) is 6.58. The minimum absolute atomic E-state index is 0.0313. The van der Waals surface area contributed by atoms with Gasteiger partial charge in [0.1, 0.15) is 5.82 Å². The lowest BCUT2D eigenvalue weighted by molar-refractivity contribution is -0.144. The van der Waals surface area contributed by atoms with Crippen molar-refractivity contribution in [1.29, 1.82) is 0 Å². The summed E-state index contributed by atoms with van der Waals surface area (Å²) in [6, 6.07) is 12.2. The highest BCUT2D eigenvalue weighted by Crippen LogP contribution is 2.32. The molecule has 1 fully saturated rings. The molecule has 158 valence electrons. The fourth-order valence-electron chi connectivity index (χ4n) is 3.11. The van der Waals surface area contributed by atoms with Crippen molar-refractivity contribution in [2.75, 3.05) is 31.6 Å².